The number of hydrogen-bond donors (Lipinski definition) is 2. The molecule has 26 heavy (non-hydrogen) atoms. The van der Waals surface area contributed by atoms with E-state index in [0.717, 1.165) is 0 Å². The third kappa shape index (κ3) is 5.57. The van der Waals surface area contributed by atoms with Gasteiger partial charge in [-0.15, -0.1) is 5.06 Å². The lowest BCUT2D eigenvalue weighted by Gasteiger charge is -2.14. The molecule has 0 saturated heterocycles. The summed E-state index contributed by atoms with van der Waals surface area (Å²) in [5.41, 5.74) is 0.475. The molecule has 0 aliphatic carbocycles. The van der Waals surface area contributed by atoms with E-state index in [0.29, 0.717) is 5.06 Å². The summed E-state index contributed by atoms with van der Waals surface area (Å²) in [6.45, 7) is 3.70. The van der Waals surface area contributed by atoms with Gasteiger partial charge in [0.15, 0.2) is 0 Å². The van der Waals surface area contributed by atoms with Crippen LogP contribution in [0.4, 0.5) is 4.79 Å². The van der Waals surface area contributed by atoms with E-state index < -0.39 is 27.5 Å². The van der Waals surface area contributed by atoms with Crippen molar-refractivity contribution in [2.75, 3.05) is 13.2 Å². The molecule has 0 spiro atoms. The molecule has 0 fully saturated rings. The second-order valence-electron chi connectivity index (χ2n) is 4.49. The zero-order chi connectivity index (χ0) is 19.9. The molecular formula is C15H16Cl3N3O5. The minimum absolute atomic E-state index is 0.105. The topological polar surface area (TPSA) is 105 Å². The summed E-state index contributed by atoms with van der Waals surface area (Å²) in [5, 5.41) is 4.64. The highest BCUT2D eigenvalue weighted by Gasteiger charge is 2.36. The molecule has 0 saturated carbocycles. The molecule has 1 aromatic carbocycles. The SMILES string of the molecule is CC.O=C(NCCON1C(=O)c2ccccc2C1=O)NC(=O)C(Cl)(Cl)Cl. The molecule has 1 heterocycles. The quantitative estimate of drug-likeness (QED) is 0.439. The van der Waals surface area contributed by atoms with Crippen LogP contribution in [0, 0.1) is 0 Å². The molecule has 0 atom stereocenters. The first-order valence-electron chi connectivity index (χ1n) is 7.48. The van der Waals surface area contributed by atoms with Crippen LogP contribution >= 0.6 is 34.8 Å². The number of amides is 5. The number of alkyl halides is 3. The first-order valence-corrected chi connectivity index (χ1v) is 8.62. The number of imide groups is 2. The summed E-state index contributed by atoms with van der Waals surface area (Å²) in [6.07, 6.45) is 0. The number of benzene rings is 1. The standard InChI is InChI=1S/C13H10Cl3N3O5.C2H6/c14-13(15,16)11(22)18-12(23)17-5-6-24-19-9(20)7-3-1-2-4-8(7)10(19)21;1-2/h1-4H,5-6H2,(H2,17,18,22,23);1-2H3. The van der Waals surface area contributed by atoms with Crippen molar-refractivity contribution in [2.24, 2.45) is 0 Å². The summed E-state index contributed by atoms with van der Waals surface area (Å²) in [7, 11) is 0. The van der Waals surface area contributed by atoms with Gasteiger partial charge in [0, 0.05) is 6.54 Å². The molecule has 2 rings (SSSR count). The first kappa shape index (κ1) is 22.2. The van der Waals surface area contributed by atoms with Gasteiger partial charge in [-0.2, -0.15) is 0 Å². The second kappa shape index (κ2) is 9.72. The number of carbonyl (C=O) groups is 4. The third-order valence-electron chi connectivity index (χ3n) is 2.85. The molecule has 142 valence electrons. The molecule has 11 heteroatoms. The van der Waals surface area contributed by atoms with Crippen molar-refractivity contribution in [3.8, 4) is 0 Å². The van der Waals surface area contributed by atoms with Gasteiger partial charge >= 0.3 is 6.03 Å². The van der Waals surface area contributed by atoms with Gasteiger partial charge in [0.1, 0.15) is 0 Å². The van der Waals surface area contributed by atoms with Gasteiger partial charge in [-0.25, -0.2) is 4.79 Å². The van der Waals surface area contributed by atoms with E-state index in [2.05, 4.69) is 5.32 Å². The van der Waals surface area contributed by atoms with Crippen molar-refractivity contribution in [1.82, 2.24) is 15.7 Å². The molecule has 1 aliphatic heterocycles. The Labute approximate surface area is 164 Å². The maximum Gasteiger partial charge on any atom is 0.321 e. The molecule has 1 aromatic rings. The molecule has 1 aliphatic rings. The maximum atomic E-state index is 12.0. The summed E-state index contributed by atoms with van der Waals surface area (Å²) < 4.78 is -2.27. The van der Waals surface area contributed by atoms with Crippen LogP contribution in [-0.2, 0) is 9.63 Å². The second-order valence-corrected chi connectivity index (χ2v) is 6.77. The molecule has 0 radical (unpaired) electrons. The Morgan fingerprint density at radius 1 is 1.08 bits per heavy atom. The average Bonchev–Trinajstić information content (AvgIpc) is 2.84. The number of fused-ring (bicyclic) bond motifs is 1. The van der Waals surface area contributed by atoms with Gasteiger partial charge in [0.25, 0.3) is 21.5 Å². The van der Waals surface area contributed by atoms with Crippen LogP contribution in [0.3, 0.4) is 0 Å². The molecule has 8 nitrogen and oxygen atoms in total. The number of halogens is 3. The van der Waals surface area contributed by atoms with Crippen LogP contribution < -0.4 is 10.6 Å². The highest BCUT2D eigenvalue weighted by Crippen LogP contribution is 2.25. The van der Waals surface area contributed by atoms with Crippen LogP contribution in [0.15, 0.2) is 24.3 Å². The zero-order valence-electron chi connectivity index (χ0n) is 13.8. The summed E-state index contributed by atoms with van der Waals surface area (Å²) in [4.78, 5) is 51.6. The van der Waals surface area contributed by atoms with Gasteiger partial charge in [-0.1, -0.05) is 60.8 Å². The van der Waals surface area contributed by atoms with Gasteiger partial charge in [0.05, 0.1) is 17.7 Å². The van der Waals surface area contributed by atoms with E-state index >= 15 is 0 Å². The normalized spacial score (nSPS) is 12.9. The van der Waals surface area contributed by atoms with Gasteiger partial charge in [-0.05, 0) is 12.1 Å². The number of nitrogens with one attached hydrogen (secondary N) is 2. The minimum atomic E-state index is -2.27. The van der Waals surface area contributed by atoms with Gasteiger partial charge < -0.3 is 5.32 Å². The van der Waals surface area contributed by atoms with Crippen LogP contribution in [0.2, 0.25) is 0 Å². The molecular weight excluding hydrogens is 409 g/mol. The fourth-order valence-electron chi connectivity index (χ4n) is 1.80. The lowest BCUT2D eigenvalue weighted by Crippen LogP contribution is -2.45. The lowest BCUT2D eigenvalue weighted by molar-refractivity contribution is -0.119. The zero-order valence-corrected chi connectivity index (χ0v) is 16.1. The fraction of sp³-hybridized carbons (Fsp3) is 0.333. The Bertz CT molecular complexity index is 671. The van der Waals surface area contributed by atoms with Crippen LogP contribution in [-0.4, -0.2) is 45.8 Å². The predicted octanol–water partition coefficient (Wildman–Crippen LogP) is 2.44. The highest BCUT2D eigenvalue weighted by atomic mass is 35.6. The first-order chi connectivity index (χ1) is 12.2. The molecule has 5 amide bonds. The van der Waals surface area contributed by atoms with E-state index in [1.54, 1.807) is 17.4 Å². The van der Waals surface area contributed by atoms with Crippen molar-refractivity contribution in [2.45, 2.75) is 17.6 Å². The largest absolute Gasteiger partial charge is 0.335 e. The Morgan fingerprint density at radius 2 is 1.58 bits per heavy atom. The average molecular weight is 425 g/mol. The Balaban J connectivity index is 0.00000163. The van der Waals surface area contributed by atoms with E-state index in [-0.39, 0.29) is 24.3 Å². The van der Waals surface area contributed by atoms with Crippen molar-refractivity contribution in [3.63, 3.8) is 0 Å². The third-order valence-corrected chi connectivity index (χ3v) is 3.36. The lowest BCUT2D eigenvalue weighted by atomic mass is 10.1. The van der Waals surface area contributed by atoms with Crippen LogP contribution in [0.25, 0.3) is 0 Å². The van der Waals surface area contributed by atoms with E-state index in [4.69, 9.17) is 39.6 Å². The number of hydrogen-bond acceptors (Lipinski definition) is 5. The maximum absolute atomic E-state index is 12.0. The smallest absolute Gasteiger partial charge is 0.321 e. The minimum Gasteiger partial charge on any atom is -0.335 e. The molecule has 0 unspecified atom stereocenters. The number of nitrogens with zero attached hydrogens (tertiary/aromatic N) is 1. The number of carbonyl (C=O) groups excluding carboxylic acids is 4. The van der Waals surface area contributed by atoms with Crippen LogP contribution in [0.5, 0.6) is 0 Å². The highest BCUT2D eigenvalue weighted by molar-refractivity contribution is 6.76. The predicted molar refractivity (Wildman–Crippen MR) is 96.1 cm³/mol. The van der Waals surface area contributed by atoms with Gasteiger partial charge in [-0.3, -0.25) is 24.5 Å². The van der Waals surface area contributed by atoms with Gasteiger partial charge in [0.2, 0.25) is 0 Å². The fourth-order valence-corrected chi connectivity index (χ4v) is 1.95. The van der Waals surface area contributed by atoms with E-state index in [9.17, 15) is 19.2 Å². The number of rotatable bonds is 4. The van der Waals surface area contributed by atoms with E-state index in [1.165, 1.54) is 12.1 Å². The number of urea groups is 1. The molecule has 0 bridgehead atoms. The Hall–Kier alpha value is -1.87. The Morgan fingerprint density at radius 3 is 2.04 bits per heavy atom. The van der Waals surface area contributed by atoms with Crippen molar-refractivity contribution in [3.05, 3.63) is 35.4 Å². The summed E-state index contributed by atoms with van der Waals surface area (Å²) in [6, 6.07) is 5.35. The summed E-state index contributed by atoms with van der Waals surface area (Å²) in [5.74, 6) is -2.30. The van der Waals surface area contributed by atoms with Crippen molar-refractivity contribution >= 4 is 58.6 Å². The van der Waals surface area contributed by atoms with Crippen LogP contribution in [0.1, 0.15) is 34.6 Å². The monoisotopic (exact) mass is 423 g/mol. The van der Waals surface area contributed by atoms with Crippen molar-refractivity contribution < 1.29 is 24.0 Å². The molecule has 0 aromatic heterocycles. The number of hydroxylamine groups is 2. The summed E-state index contributed by atoms with van der Waals surface area (Å²) >= 11 is 15.9. The Kier molecular flexibility index (Phi) is 8.29. The van der Waals surface area contributed by atoms with Crippen molar-refractivity contribution in [1.29, 1.82) is 0 Å². The van der Waals surface area contributed by atoms with E-state index in [1.807, 2.05) is 13.8 Å². The molecule has 2 N–H and O–H groups in total.